The van der Waals surface area contributed by atoms with Crippen molar-refractivity contribution in [1.82, 2.24) is 14.8 Å². The number of benzene rings is 2. The Labute approximate surface area is 260 Å². The zero-order valence-electron chi connectivity index (χ0n) is 23.5. The van der Waals surface area contributed by atoms with Crippen LogP contribution in [0.5, 0.6) is 0 Å². The Morgan fingerprint density at radius 2 is 2.00 bits per heavy atom. The van der Waals surface area contributed by atoms with Crippen molar-refractivity contribution in [2.45, 2.75) is 44.3 Å². The molecule has 4 aromatic rings. The van der Waals surface area contributed by atoms with Crippen molar-refractivity contribution in [2.75, 3.05) is 11.9 Å². The van der Waals surface area contributed by atoms with Gasteiger partial charge in [0, 0.05) is 39.0 Å². The van der Waals surface area contributed by atoms with E-state index in [1.807, 2.05) is 23.6 Å². The van der Waals surface area contributed by atoms with E-state index < -0.39 is 16.8 Å². The van der Waals surface area contributed by atoms with E-state index >= 15 is 0 Å². The first-order valence-electron chi connectivity index (χ1n) is 12.9. The van der Waals surface area contributed by atoms with E-state index in [4.69, 9.17) is 16.3 Å². The summed E-state index contributed by atoms with van der Waals surface area (Å²) in [7, 11) is 0. The molecule has 4 rings (SSSR count). The summed E-state index contributed by atoms with van der Waals surface area (Å²) < 4.78 is 7.00. The van der Waals surface area contributed by atoms with Gasteiger partial charge in [0.1, 0.15) is 16.6 Å². The summed E-state index contributed by atoms with van der Waals surface area (Å²) in [6.07, 6.45) is 1.27. The first-order valence-corrected chi connectivity index (χ1v) is 14.9. The van der Waals surface area contributed by atoms with Crippen LogP contribution in [0.1, 0.15) is 40.2 Å². The number of nitro benzene ring substituents is 1. The molecule has 2 aromatic heterocycles. The maximum Gasteiger partial charge on any atom is 0.341 e. The van der Waals surface area contributed by atoms with Gasteiger partial charge in [-0.05, 0) is 74.9 Å². The molecule has 0 unspecified atom stereocenters. The molecule has 1 N–H and O–H groups in total. The van der Waals surface area contributed by atoms with Crippen LogP contribution in [0, 0.1) is 35.3 Å². The van der Waals surface area contributed by atoms with Crippen LogP contribution < -0.4 is 5.32 Å². The van der Waals surface area contributed by atoms with Gasteiger partial charge in [0.05, 0.1) is 17.1 Å². The van der Waals surface area contributed by atoms with Gasteiger partial charge >= 0.3 is 5.97 Å². The lowest BCUT2D eigenvalue weighted by Crippen LogP contribution is -2.16. The van der Waals surface area contributed by atoms with Crippen LogP contribution in [0.25, 0.3) is 17.5 Å². The molecule has 0 aliphatic carbocycles. The molecule has 0 saturated heterocycles. The number of nitrogens with zero attached hydrogens (tertiary/aromatic N) is 5. The summed E-state index contributed by atoms with van der Waals surface area (Å²) in [5, 5.41) is 34.1. The van der Waals surface area contributed by atoms with Gasteiger partial charge in [-0.1, -0.05) is 23.7 Å². The van der Waals surface area contributed by atoms with E-state index in [2.05, 4.69) is 15.5 Å². The SMILES string of the molecule is CCOC(=O)c1c(NC(=O)/C(C#N)=C\c2cc([N+](=O)[O-])ccc2Sc2nnc(-c3cccc(Cl)c3)n2CC)sc(C)c1C. The number of thiophene rings is 1. The van der Waals surface area contributed by atoms with Crippen molar-refractivity contribution in [2.24, 2.45) is 0 Å². The molecule has 14 heteroatoms. The predicted octanol–water partition coefficient (Wildman–Crippen LogP) is 7.08. The van der Waals surface area contributed by atoms with Crippen molar-refractivity contribution in [3.63, 3.8) is 0 Å². The van der Waals surface area contributed by atoms with E-state index in [1.165, 1.54) is 47.4 Å². The first-order chi connectivity index (χ1) is 20.6. The van der Waals surface area contributed by atoms with Gasteiger partial charge in [-0.3, -0.25) is 14.9 Å². The number of non-ortho nitro benzene ring substituents is 1. The summed E-state index contributed by atoms with van der Waals surface area (Å²) >= 11 is 8.53. The number of nitrogens with one attached hydrogen (secondary N) is 1. The van der Waals surface area contributed by atoms with E-state index in [1.54, 1.807) is 39.0 Å². The lowest BCUT2D eigenvalue weighted by molar-refractivity contribution is -0.384. The minimum Gasteiger partial charge on any atom is -0.462 e. The third kappa shape index (κ3) is 6.94. The zero-order chi connectivity index (χ0) is 31.3. The second-order valence-electron chi connectivity index (χ2n) is 8.97. The third-order valence-electron chi connectivity index (χ3n) is 6.28. The average Bonchev–Trinajstić information content (AvgIpc) is 3.51. The number of hydrogen-bond donors (Lipinski definition) is 1. The monoisotopic (exact) mass is 636 g/mol. The maximum absolute atomic E-state index is 13.3. The molecule has 0 radical (unpaired) electrons. The van der Waals surface area contributed by atoms with Gasteiger partial charge in [-0.2, -0.15) is 5.26 Å². The predicted molar refractivity (Wildman–Crippen MR) is 165 cm³/mol. The second kappa shape index (κ2) is 13.6. The van der Waals surface area contributed by atoms with Crippen LogP contribution in [0.4, 0.5) is 10.7 Å². The Bertz CT molecular complexity index is 1810. The maximum atomic E-state index is 13.3. The molecule has 0 aliphatic heterocycles. The quantitative estimate of drug-likeness (QED) is 0.0632. The van der Waals surface area contributed by atoms with Gasteiger partial charge in [0.2, 0.25) is 0 Å². The molecule has 2 aromatic carbocycles. The van der Waals surface area contributed by atoms with Gasteiger partial charge in [-0.15, -0.1) is 21.5 Å². The summed E-state index contributed by atoms with van der Waals surface area (Å²) in [6, 6.07) is 13.2. The molecule has 1 amide bonds. The highest BCUT2D eigenvalue weighted by Gasteiger charge is 2.24. The number of aromatic nitrogens is 3. The highest BCUT2D eigenvalue weighted by molar-refractivity contribution is 7.99. The highest BCUT2D eigenvalue weighted by Crippen LogP contribution is 2.36. The molecular formula is C29H25ClN6O5S2. The lowest BCUT2D eigenvalue weighted by atomic mass is 10.1. The lowest BCUT2D eigenvalue weighted by Gasteiger charge is -2.10. The molecule has 0 saturated carbocycles. The normalized spacial score (nSPS) is 11.2. The zero-order valence-corrected chi connectivity index (χ0v) is 25.9. The second-order valence-corrected chi connectivity index (χ2v) is 11.6. The van der Waals surface area contributed by atoms with Gasteiger partial charge in [-0.25, -0.2) is 4.79 Å². The number of esters is 1. The molecule has 0 spiro atoms. The molecule has 0 fully saturated rings. The summed E-state index contributed by atoms with van der Waals surface area (Å²) in [4.78, 5) is 38.1. The van der Waals surface area contributed by atoms with Crippen molar-refractivity contribution in [3.8, 4) is 17.5 Å². The first kappa shape index (κ1) is 31.4. The molecule has 11 nitrogen and oxygen atoms in total. The number of amides is 1. The Hall–Kier alpha value is -4.51. The Balaban J connectivity index is 1.72. The molecule has 0 aliphatic rings. The van der Waals surface area contributed by atoms with E-state index in [-0.39, 0.29) is 34.0 Å². The van der Waals surface area contributed by atoms with Gasteiger partial charge in [0.15, 0.2) is 11.0 Å². The van der Waals surface area contributed by atoms with E-state index in [0.717, 1.165) is 10.4 Å². The molecular weight excluding hydrogens is 612 g/mol. The van der Waals surface area contributed by atoms with Crippen molar-refractivity contribution in [1.29, 1.82) is 5.26 Å². The van der Waals surface area contributed by atoms with Crippen LogP contribution >= 0.6 is 34.7 Å². The van der Waals surface area contributed by atoms with Crippen LogP contribution in [-0.2, 0) is 16.1 Å². The minimum absolute atomic E-state index is 0.156. The standard InChI is InChI=1S/C29H25ClN6O5S2/c1-5-35-25(18-8-7-9-21(30)13-18)33-34-29(35)43-23-11-10-22(36(39)40)14-19(23)12-20(15-31)26(37)32-27-24(28(38)41-6-2)16(3)17(4)42-27/h7-14H,5-6H2,1-4H3,(H,32,37)/b20-12-. The fourth-order valence-corrected chi connectivity index (χ4v) is 6.29. The largest absolute Gasteiger partial charge is 0.462 e. The Morgan fingerprint density at radius 3 is 2.65 bits per heavy atom. The van der Waals surface area contributed by atoms with Crippen molar-refractivity contribution in [3.05, 3.63) is 84.7 Å². The Morgan fingerprint density at radius 1 is 1.23 bits per heavy atom. The number of ether oxygens (including phenoxy) is 1. The molecule has 43 heavy (non-hydrogen) atoms. The minimum atomic E-state index is -0.781. The number of carbonyl (C=O) groups is 2. The number of hydrogen-bond acceptors (Lipinski definition) is 10. The number of halogens is 1. The van der Waals surface area contributed by atoms with Crippen LogP contribution in [0.2, 0.25) is 5.02 Å². The van der Waals surface area contributed by atoms with Crippen molar-refractivity contribution < 1.29 is 19.2 Å². The smallest absolute Gasteiger partial charge is 0.341 e. The average molecular weight is 637 g/mol. The number of aryl methyl sites for hydroxylation is 1. The highest BCUT2D eigenvalue weighted by atomic mass is 35.5. The fraction of sp³-hybridized carbons (Fsp3) is 0.207. The molecule has 0 bridgehead atoms. The van der Waals surface area contributed by atoms with E-state index in [0.29, 0.717) is 33.0 Å². The third-order valence-corrected chi connectivity index (χ3v) is 8.71. The summed E-state index contributed by atoms with van der Waals surface area (Å²) in [5.41, 5.74) is 1.36. The number of rotatable bonds is 10. The van der Waals surface area contributed by atoms with Crippen molar-refractivity contribution >= 4 is 63.3 Å². The van der Waals surface area contributed by atoms with Gasteiger partial charge in [0.25, 0.3) is 11.6 Å². The Kier molecular flexibility index (Phi) is 9.97. The van der Waals surface area contributed by atoms with Crippen LogP contribution in [0.15, 0.2) is 58.1 Å². The molecule has 0 atom stereocenters. The number of nitro groups is 1. The number of anilines is 1. The molecule has 220 valence electrons. The van der Waals surface area contributed by atoms with E-state index in [9.17, 15) is 25.0 Å². The summed E-state index contributed by atoms with van der Waals surface area (Å²) in [6.45, 7) is 7.83. The number of carbonyl (C=O) groups excluding carboxylic acids is 2. The fourth-order valence-electron chi connectivity index (χ4n) is 4.08. The topological polar surface area (TPSA) is 153 Å². The summed E-state index contributed by atoms with van der Waals surface area (Å²) in [5.74, 6) is -0.782. The number of nitriles is 1. The van der Waals surface area contributed by atoms with Crippen LogP contribution in [-0.4, -0.2) is 38.2 Å². The van der Waals surface area contributed by atoms with Crippen LogP contribution in [0.3, 0.4) is 0 Å². The molecule has 2 heterocycles. The van der Waals surface area contributed by atoms with Gasteiger partial charge < -0.3 is 14.6 Å².